The molecular weight excluding hydrogens is 240 g/mol. The maximum absolute atomic E-state index is 11.6. The molecule has 19 heavy (non-hydrogen) atoms. The summed E-state index contributed by atoms with van der Waals surface area (Å²) in [6.45, 7) is 4.42. The maximum Gasteiger partial charge on any atom is 0.331 e. The zero-order chi connectivity index (χ0) is 13.8. The molecule has 3 nitrogen and oxygen atoms in total. The van der Waals surface area contributed by atoms with Crippen LogP contribution in [0.2, 0.25) is 0 Å². The second-order valence-electron chi connectivity index (χ2n) is 4.96. The van der Waals surface area contributed by atoms with Gasteiger partial charge in [-0.3, -0.25) is 0 Å². The average Bonchev–Trinajstić information content (AvgIpc) is 2.37. The number of methoxy groups -OCH3 is 1. The lowest BCUT2D eigenvalue weighted by Crippen LogP contribution is -2.12. The molecule has 102 valence electrons. The van der Waals surface area contributed by atoms with Gasteiger partial charge in [-0.2, -0.15) is 0 Å². The van der Waals surface area contributed by atoms with E-state index in [1.54, 1.807) is 13.2 Å². The molecule has 1 aliphatic carbocycles. The number of carbonyl (C=O) groups excluding carboxylic acids is 1. The van der Waals surface area contributed by atoms with Crippen molar-refractivity contribution in [2.45, 2.75) is 26.7 Å². The summed E-state index contributed by atoms with van der Waals surface area (Å²) in [5, 5.41) is 0. The summed E-state index contributed by atoms with van der Waals surface area (Å²) in [6, 6.07) is 6.03. The van der Waals surface area contributed by atoms with Gasteiger partial charge in [0.15, 0.2) is 0 Å². The van der Waals surface area contributed by atoms with Gasteiger partial charge in [-0.05, 0) is 54.5 Å². The molecule has 0 bridgehead atoms. The summed E-state index contributed by atoms with van der Waals surface area (Å²) >= 11 is 0. The zero-order valence-corrected chi connectivity index (χ0v) is 11.7. The second-order valence-corrected chi connectivity index (χ2v) is 4.96. The fourth-order valence-corrected chi connectivity index (χ4v) is 2.58. The smallest absolute Gasteiger partial charge is 0.331 e. The molecule has 0 saturated carbocycles. The van der Waals surface area contributed by atoms with Crippen LogP contribution in [0.1, 0.15) is 31.4 Å². The van der Waals surface area contributed by atoms with E-state index >= 15 is 0 Å². The molecule has 1 unspecified atom stereocenters. The number of esters is 1. The van der Waals surface area contributed by atoms with Crippen molar-refractivity contribution in [3.05, 3.63) is 35.4 Å². The van der Waals surface area contributed by atoms with Gasteiger partial charge in [0.1, 0.15) is 5.75 Å². The maximum atomic E-state index is 11.6. The highest BCUT2D eigenvalue weighted by atomic mass is 16.5. The van der Waals surface area contributed by atoms with Crippen LogP contribution in [0.5, 0.6) is 5.75 Å². The van der Waals surface area contributed by atoms with E-state index in [2.05, 4.69) is 13.0 Å². The van der Waals surface area contributed by atoms with E-state index in [1.807, 2.05) is 19.1 Å². The van der Waals surface area contributed by atoms with Crippen LogP contribution >= 0.6 is 0 Å². The molecule has 0 N–H and O–H groups in total. The molecule has 0 aromatic heterocycles. The Morgan fingerprint density at radius 3 is 2.89 bits per heavy atom. The highest BCUT2D eigenvalue weighted by Crippen LogP contribution is 2.35. The normalized spacial score (nSPS) is 19.9. The molecule has 0 radical (unpaired) electrons. The van der Waals surface area contributed by atoms with Crippen LogP contribution in [-0.4, -0.2) is 19.7 Å². The molecule has 0 spiro atoms. The Morgan fingerprint density at radius 2 is 2.21 bits per heavy atom. The lowest BCUT2D eigenvalue weighted by molar-refractivity contribution is -0.137. The summed E-state index contributed by atoms with van der Waals surface area (Å²) in [7, 11) is 1.67. The fourth-order valence-electron chi connectivity index (χ4n) is 2.58. The van der Waals surface area contributed by atoms with E-state index in [4.69, 9.17) is 9.47 Å². The van der Waals surface area contributed by atoms with Crippen molar-refractivity contribution >= 4 is 11.5 Å². The molecule has 3 heteroatoms. The van der Waals surface area contributed by atoms with Gasteiger partial charge in [0, 0.05) is 6.08 Å². The van der Waals surface area contributed by atoms with Crippen molar-refractivity contribution in [2.24, 2.45) is 5.92 Å². The number of ether oxygens (including phenoxy) is 2. The van der Waals surface area contributed by atoms with Gasteiger partial charge in [-0.15, -0.1) is 0 Å². The molecule has 0 aliphatic heterocycles. The number of fused-ring (bicyclic) bond motifs is 1. The van der Waals surface area contributed by atoms with E-state index in [1.165, 1.54) is 5.56 Å². The third-order valence-electron chi connectivity index (χ3n) is 3.37. The monoisotopic (exact) mass is 260 g/mol. The van der Waals surface area contributed by atoms with E-state index in [9.17, 15) is 4.79 Å². The van der Waals surface area contributed by atoms with Crippen molar-refractivity contribution in [2.75, 3.05) is 13.7 Å². The minimum Gasteiger partial charge on any atom is -0.497 e. The Bertz CT molecular complexity index is 503. The fraction of sp³-hybridized carbons (Fsp3) is 0.438. The van der Waals surface area contributed by atoms with Gasteiger partial charge in [0.2, 0.25) is 0 Å². The number of benzene rings is 1. The summed E-state index contributed by atoms with van der Waals surface area (Å²) in [5.41, 5.74) is 3.45. The van der Waals surface area contributed by atoms with Gasteiger partial charge in [0.25, 0.3) is 0 Å². The molecule has 2 rings (SSSR count). The molecule has 0 saturated heterocycles. The Kier molecular flexibility index (Phi) is 4.25. The minimum atomic E-state index is -0.256. The first-order valence-corrected chi connectivity index (χ1v) is 6.68. The number of hydrogen-bond acceptors (Lipinski definition) is 3. The number of hydrogen-bond donors (Lipinski definition) is 0. The Labute approximate surface area is 114 Å². The molecule has 0 heterocycles. The summed E-state index contributed by atoms with van der Waals surface area (Å²) in [6.07, 6.45) is 3.56. The van der Waals surface area contributed by atoms with Crippen LogP contribution in [0, 0.1) is 5.92 Å². The molecule has 1 aromatic rings. The molecule has 1 aliphatic rings. The number of carbonyl (C=O) groups is 1. The third-order valence-corrected chi connectivity index (χ3v) is 3.37. The van der Waals surface area contributed by atoms with Crippen LogP contribution in [0.4, 0.5) is 0 Å². The minimum absolute atomic E-state index is 0.256. The first-order valence-electron chi connectivity index (χ1n) is 6.68. The SMILES string of the molecule is CCOC(=O)/C=C1\CC(C)Cc2cc(OC)ccc21. The first kappa shape index (κ1) is 13.7. The van der Waals surface area contributed by atoms with Crippen LogP contribution in [0.15, 0.2) is 24.3 Å². The van der Waals surface area contributed by atoms with Crippen molar-refractivity contribution in [1.29, 1.82) is 0 Å². The highest BCUT2D eigenvalue weighted by Gasteiger charge is 2.20. The van der Waals surface area contributed by atoms with Crippen molar-refractivity contribution in [3.63, 3.8) is 0 Å². The van der Waals surface area contributed by atoms with Gasteiger partial charge in [-0.1, -0.05) is 13.0 Å². The number of allylic oxidation sites excluding steroid dienone is 1. The van der Waals surface area contributed by atoms with E-state index in [0.717, 1.165) is 29.7 Å². The summed E-state index contributed by atoms with van der Waals surface area (Å²) in [5.74, 6) is 1.14. The van der Waals surface area contributed by atoms with Crippen LogP contribution < -0.4 is 4.74 Å². The summed E-state index contributed by atoms with van der Waals surface area (Å²) in [4.78, 5) is 11.6. The summed E-state index contributed by atoms with van der Waals surface area (Å²) < 4.78 is 10.3. The van der Waals surface area contributed by atoms with Crippen molar-refractivity contribution in [1.82, 2.24) is 0 Å². The molecule has 0 fully saturated rings. The highest BCUT2D eigenvalue weighted by molar-refractivity contribution is 5.92. The first-order chi connectivity index (χ1) is 9.13. The average molecular weight is 260 g/mol. The van der Waals surface area contributed by atoms with Crippen LogP contribution in [0.3, 0.4) is 0 Å². The van der Waals surface area contributed by atoms with E-state index < -0.39 is 0 Å². The van der Waals surface area contributed by atoms with Crippen molar-refractivity contribution < 1.29 is 14.3 Å². The predicted molar refractivity (Wildman–Crippen MR) is 75.1 cm³/mol. The van der Waals surface area contributed by atoms with Gasteiger partial charge >= 0.3 is 5.97 Å². The molecule has 1 aromatic carbocycles. The molecular formula is C16H20O3. The zero-order valence-electron chi connectivity index (χ0n) is 11.7. The lowest BCUT2D eigenvalue weighted by atomic mass is 9.81. The van der Waals surface area contributed by atoms with Crippen LogP contribution in [-0.2, 0) is 16.0 Å². The van der Waals surface area contributed by atoms with Gasteiger partial charge < -0.3 is 9.47 Å². The van der Waals surface area contributed by atoms with Crippen LogP contribution in [0.25, 0.3) is 5.57 Å². The predicted octanol–water partition coefficient (Wildman–Crippen LogP) is 3.22. The van der Waals surface area contributed by atoms with Gasteiger partial charge in [-0.25, -0.2) is 4.79 Å². The molecule has 1 atom stereocenters. The third kappa shape index (κ3) is 3.16. The van der Waals surface area contributed by atoms with E-state index in [-0.39, 0.29) is 5.97 Å². The van der Waals surface area contributed by atoms with Crippen molar-refractivity contribution in [3.8, 4) is 5.75 Å². The largest absolute Gasteiger partial charge is 0.497 e. The molecule has 0 amide bonds. The van der Waals surface area contributed by atoms with E-state index in [0.29, 0.717) is 12.5 Å². The Hall–Kier alpha value is -1.77. The quantitative estimate of drug-likeness (QED) is 0.618. The Balaban J connectivity index is 2.36. The lowest BCUT2D eigenvalue weighted by Gasteiger charge is -2.24. The second kappa shape index (κ2) is 5.91. The van der Waals surface area contributed by atoms with Gasteiger partial charge in [0.05, 0.1) is 13.7 Å². The Morgan fingerprint density at radius 1 is 1.42 bits per heavy atom. The topological polar surface area (TPSA) is 35.5 Å². The number of rotatable bonds is 3. The standard InChI is InChI=1S/C16H20O3/c1-4-19-16(17)10-13-8-11(2)7-12-9-14(18-3)5-6-15(12)13/h5-6,9-11H,4,7-8H2,1-3H3/b13-10+.